The van der Waals surface area contributed by atoms with Crippen molar-refractivity contribution in [3.05, 3.63) is 87.0 Å². The van der Waals surface area contributed by atoms with Gasteiger partial charge in [-0.3, -0.25) is 15.1 Å². The van der Waals surface area contributed by atoms with E-state index in [1.807, 2.05) is 62.4 Å². The molecule has 0 radical (unpaired) electrons. The zero-order chi connectivity index (χ0) is 19.7. The summed E-state index contributed by atoms with van der Waals surface area (Å²) in [6.45, 7) is 3.90. The summed E-state index contributed by atoms with van der Waals surface area (Å²) in [5, 5.41) is 5.09. The van der Waals surface area contributed by atoms with E-state index in [1.165, 1.54) is 11.3 Å². The van der Waals surface area contributed by atoms with Gasteiger partial charge >= 0.3 is 0 Å². The third-order valence-electron chi connectivity index (χ3n) is 4.40. The molecule has 2 aromatic heterocycles. The van der Waals surface area contributed by atoms with Crippen molar-refractivity contribution in [1.29, 1.82) is 0 Å². The Morgan fingerprint density at radius 2 is 1.89 bits per heavy atom. The van der Waals surface area contributed by atoms with E-state index in [4.69, 9.17) is 11.6 Å². The van der Waals surface area contributed by atoms with Gasteiger partial charge in [-0.05, 0) is 49.7 Å². The molecule has 0 spiro atoms. The molecule has 28 heavy (non-hydrogen) atoms. The lowest BCUT2D eigenvalue weighted by Gasteiger charge is -2.08. The van der Waals surface area contributed by atoms with Gasteiger partial charge in [0.25, 0.3) is 5.91 Å². The van der Waals surface area contributed by atoms with Crippen LogP contribution in [-0.4, -0.2) is 15.9 Å². The number of hydrogen-bond donors (Lipinski definition) is 1. The van der Waals surface area contributed by atoms with Gasteiger partial charge in [-0.1, -0.05) is 35.4 Å². The minimum atomic E-state index is -0.173. The van der Waals surface area contributed by atoms with Crippen molar-refractivity contribution in [2.45, 2.75) is 20.3 Å². The predicted molar refractivity (Wildman–Crippen MR) is 116 cm³/mol. The van der Waals surface area contributed by atoms with Crippen LogP contribution in [0.4, 0.5) is 5.13 Å². The van der Waals surface area contributed by atoms with Crippen LogP contribution in [0.25, 0.3) is 10.9 Å². The number of anilines is 1. The highest BCUT2D eigenvalue weighted by Gasteiger charge is 2.14. The summed E-state index contributed by atoms with van der Waals surface area (Å²) >= 11 is 7.41. The van der Waals surface area contributed by atoms with E-state index in [1.54, 1.807) is 6.20 Å². The van der Waals surface area contributed by atoms with Crippen LogP contribution in [0.1, 0.15) is 32.1 Å². The van der Waals surface area contributed by atoms with Crippen LogP contribution in [0, 0.1) is 13.8 Å². The molecule has 0 aliphatic carbocycles. The van der Waals surface area contributed by atoms with Crippen LogP contribution < -0.4 is 5.32 Å². The topological polar surface area (TPSA) is 54.9 Å². The van der Waals surface area contributed by atoms with Gasteiger partial charge in [0.05, 0.1) is 11.1 Å². The first-order chi connectivity index (χ1) is 13.5. The molecule has 4 rings (SSSR count). The van der Waals surface area contributed by atoms with Gasteiger partial charge in [0.1, 0.15) is 0 Å². The average molecular weight is 408 g/mol. The molecule has 0 bridgehead atoms. The number of carbonyl (C=O) groups excluding carboxylic acids is 1. The molecule has 0 unspecified atom stereocenters. The first kappa shape index (κ1) is 18.6. The van der Waals surface area contributed by atoms with Crippen molar-refractivity contribution in [1.82, 2.24) is 9.97 Å². The zero-order valence-electron chi connectivity index (χ0n) is 15.5. The maximum Gasteiger partial charge on any atom is 0.258 e. The van der Waals surface area contributed by atoms with Crippen molar-refractivity contribution in [3.63, 3.8) is 0 Å². The summed E-state index contributed by atoms with van der Waals surface area (Å²) < 4.78 is 0. The molecule has 2 aromatic carbocycles. The van der Waals surface area contributed by atoms with Gasteiger partial charge in [0.15, 0.2) is 5.13 Å². The Bertz CT molecular complexity index is 1170. The molecule has 0 aliphatic rings. The standard InChI is InChI=1S/C22H18ClN3OS/c1-13-3-8-20-18(9-13)19(10-14(2)25-20)21(27)26-22-24-12-17(28-22)11-15-4-6-16(23)7-5-15/h3-10,12H,11H2,1-2H3,(H,24,26,27). The molecular formula is C22H18ClN3OS. The van der Waals surface area contributed by atoms with Crippen molar-refractivity contribution in [3.8, 4) is 0 Å². The van der Waals surface area contributed by atoms with Crippen molar-refractivity contribution in [2.24, 2.45) is 0 Å². The molecule has 0 saturated carbocycles. The highest BCUT2D eigenvalue weighted by molar-refractivity contribution is 7.15. The largest absolute Gasteiger partial charge is 0.298 e. The van der Waals surface area contributed by atoms with E-state index in [2.05, 4.69) is 15.3 Å². The van der Waals surface area contributed by atoms with Gasteiger partial charge in [0.2, 0.25) is 0 Å². The van der Waals surface area contributed by atoms with Gasteiger partial charge in [-0.2, -0.15) is 0 Å². The SMILES string of the molecule is Cc1ccc2nc(C)cc(C(=O)Nc3ncc(Cc4ccc(Cl)cc4)s3)c2c1. The number of pyridine rings is 1. The van der Waals surface area contributed by atoms with Crippen molar-refractivity contribution < 1.29 is 4.79 Å². The van der Waals surface area contributed by atoms with Crippen LogP contribution in [-0.2, 0) is 6.42 Å². The Morgan fingerprint density at radius 1 is 1.11 bits per heavy atom. The van der Waals surface area contributed by atoms with E-state index in [-0.39, 0.29) is 5.91 Å². The van der Waals surface area contributed by atoms with E-state index in [9.17, 15) is 4.79 Å². The Morgan fingerprint density at radius 3 is 2.68 bits per heavy atom. The number of thiazole rings is 1. The molecular weight excluding hydrogens is 390 g/mol. The molecule has 0 aliphatic heterocycles. The second-order valence-electron chi connectivity index (χ2n) is 6.72. The monoisotopic (exact) mass is 407 g/mol. The normalized spacial score (nSPS) is 11.0. The van der Waals surface area contributed by atoms with Crippen LogP contribution >= 0.6 is 22.9 Å². The smallest absolute Gasteiger partial charge is 0.258 e. The number of aromatic nitrogens is 2. The number of nitrogens with zero attached hydrogens (tertiary/aromatic N) is 2. The van der Waals surface area contributed by atoms with Gasteiger partial charge in [-0.15, -0.1) is 11.3 Å². The summed E-state index contributed by atoms with van der Waals surface area (Å²) in [6, 6.07) is 15.5. The number of benzene rings is 2. The molecule has 4 aromatic rings. The Labute approximate surface area is 172 Å². The highest BCUT2D eigenvalue weighted by atomic mass is 35.5. The molecule has 1 N–H and O–H groups in total. The number of hydrogen-bond acceptors (Lipinski definition) is 4. The van der Waals surface area contributed by atoms with Crippen molar-refractivity contribution in [2.75, 3.05) is 5.32 Å². The summed E-state index contributed by atoms with van der Waals surface area (Å²) in [7, 11) is 0. The van der Waals surface area contributed by atoms with Crippen molar-refractivity contribution >= 4 is 44.9 Å². The number of amides is 1. The fourth-order valence-electron chi connectivity index (χ4n) is 3.07. The maximum atomic E-state index is 12.9. The number of carbonyl (C=O) groups is 1. The van der Waals surface area contributed by atoms with E-state index < -0.39 is 0 Å². The van der Waals surface area contributed by atoms with E-state index >= 15 is 0 Å². The lowest BCUT2D eigenvalue weighted by Crippen LogP contribution is -2.13. The lowest BCUT2D eigenvalue weighted by molar-refractivity contribution is 0.102. The number of fused-ring (bicyclic) bond motifs is 1. The summed E-state index contributed by atoms with van der Waals surface area (Å²) in [5.74, 6) is -0.173. The second kappa shape index (κ2) is 7.70. The summed E-state index contributed by atoms with van der Waals surface area (Å²) in [6.07, 6.45) is 2.55. The third kappa shape index (κ3) is 4.06. The molecule has 0 fully saturated rings. The molecule has 2 heterocycles. The molecule has 140 valence electrons. The fraction of sp³-hybridized carbons (Fsp3) is 0.136. The first-order valence-corrected chi connectivity index (χ1v) is 10.1. The van der Waals surface area contributed by atoms with Gasteiger partial charge < -0.3 is 0 Å². The lowest BCUT2D eigenvalue weighted by atomic mass is 10.0. The Kier molecular flexibility index (Phi) is 5.11. The highest BCUT2D eigenvalue weighted by Crippen LogP contribution is 2.25. The Hall–Kier alpha value is -2.76. The molecule has 6 heteroatoms. The second-order valence-corrected chi connectivity index (χ2v) is 8.27. The predicted octanol–water partition coefficient (Wildman–Crippen LogP) is 5.80. The van der Waals surface area contributed by atoms with Crippen LogP contribution in [0.15, 0.2) is 54.7 Å². The molecule has 0 saturated heterocycles. The maximum absolute atomic E-state index is 12.9. The number of aryl methyl sites for hydroxylation is 2. The van der Waals surface area contributed by atoms with Crippen LogP contribution in [0.5, 0.6) is 0 Å². The fourth-order valence-corrected chi connectivity index (χ4v) is 4.04. The van der Waals surface area contributed by atoms with Crippen LogP contribution in [0.2, 0.25) is 5.02 Å². The first-order valence-electron chi connectivity index (χ1n) is 8.86. The quantitative estimate of drug-likeness (QED) is 0.464. The minimum Gasteiger partial charge on any atom is -0.298 e. The average Bonchev–Trinajstić information content (AvgIpc) is 3.10. The molecule has 1 amide bonds. The zero-order valence-corrected chi connectivity index (χ0v) is 17.1. The number of halogens is 1. The van der Waals surface area contributed by atoms with E-state index in [0.29, 0.717) is 10.7 Å². The number of nitrogens with one attached hydrogen (secondary N) is 1. The van der Waals surface area contributed by atoms with Crippen LogP contribution in [0.3, 0.4) is 0 Å². The molecule has 4 nitrogen and oxygen atoms in total. The summed E-state index contributed by atoms with van der Waals surface area (Å²) in [4.78, 5) is 22.9. The third-order valence-corrected chi connectivity index (χ3v) is 5.57. The summed E-state index contributed by atoms with van der Waals surface area (Å²) in [5.41, 5.74) is 4.48. The minimum absolute atomic E-state index is 0.173. The van der Waals surface area contributed by atoms with E-state index in [0.717, 1.165) is 44.0 Å². The molecule has 0 atom stereocenters. The van der Waals surface area contributed by atoms with Gasteiger partial charge in [0, 0.05) is 33.6 Å². The Balaban J connectivity index is 1.56. The number of rotatable bonds is 4. The van der Waals surface area contributed by atoms with Gasteiger partial charge in [-0.25, -0.2) is 4.98 Å².